The van der Waals surface area contributed by atoms with Crippen LogP contribution in [0.3, 0.4) is 0 Å². The smallest absolute Gasteiger partial charge is 0.364 e. The van der Waals surface area contributed by atoms with Crippen molar-refractivity contribution in [2.24, 2.45) is 0 Å². The molecule has 10 fully saturated rings. The fourth-order valence-corrected chi connectivity index (χ4v) is 17.7. The molecule has 52 atom stereocenters. The number of aliphatic hydroxyl groups is 27. The number of carbonyl (C=O) groups is 7. The number of carboxylic acids is 2. The van der Waals surface area contributed by atoms with E-state index in [-0.39, 0.29) is 0 Å². The Morgan fingerprint density at radius 2 is 0.587 bits per heavy atom. The van der Waals surface area contributed by atoms with Crippen molar-refractivity contribution in [2.75, 3.05) is 66.1 Å². The monoisotopic (exact) mass is 2020 g/mol. The molecule has 0 aromatic carbocycles. The van der Waals surface area contributed by atoms with Crippen LogP contribution in [-0.4, -0.2) is 574 Å². The summed E-state index contributed by atoms with van der Waals surface area (Å²) in [6.45, 7) is -8.56. The van der Waals surface area contributed by atoms with Crippen LogP contribution in [0.1, 0.15) is 47.5 Å². The maximum absolute atomic E-state index is 15.0. The van der Waals surface area contributed by atoms with Gasteiger partial charge in [-0.05, 0) is 0 Å². The number of rotatable bonds is 39. The molecule has 60 nitrogen and oxygen atoms in total. The molecule has 0 aromatic heterocycles. The molecule has 5 amide bonds. The highest BCUT2D eigenvalue weighted by molar-refractivity contribution is 5.78. The molecule has 10 saturated heterocycles. The van der Waals surface area contributed by atoms with Crippen molar-refractivity contribution in [1.29, 1.82) is 0 Å². The summed E-state index contributed by atoms with van der Waals surface area (Å²) >= 11 is 0. The van der Waals surface area contributed by atoms with Crippen LogP contribution in [0.2, 0.25) is 0 Å². The average molecular weight is 2020 g/mol. The van der Waals surface area contributed by atoms with Gasteiger partial charge in [0.15, 0.2) is 62.7 Å². The number of carbonyl (C=O) groups excluding carboxylic acids is 5. The summed E-state index contributed by atoms with van der Waals surface area (Å²) in [5, 5.41) is 338. The lowest BCUT2D eigenvalue weighted by atomic mass is 9.88. The number of hydrogen-bond acceptors (Lipinski definition) is 53. The molecule has 62 heteroatoms. The highest BCUT2D eigenvalue weighted by atomic mass is 19.1. The molecule has 0 saturated carbocycles. The number of halogens is 2. The summed E-state index contributed by atoms with van der Waals surface area (Å²) in [6, 6.07) is -9.83. The van der Waals surface area contributed by atoms with E-state index in [4.69, 9.17) is 90.0 Å². The van der Waals surface area contributed by atoms with Crippen molar-refractivity contribution in [3.63, 3.8) is 0 Å². The van der Waals surface area contributed by atoms with Gasteiger partial charge in [0, 0.05) is 47.5 Å². The van der Waals surface area contributed by atoms with Crippen LogP contribution in [-0.2, 0) is 124 Å². The largest absolute Gasteiger partial charge is 0.477 e. The number of aliphatic carboxylic acids is 2. The third kappa shape index (κ3) is 25.0. The number of aliphatic hydroxyl groups excluding tert-OH is 27. The van der Waals surface area contributed by atoms with Crippen LogP contribution in [0.5, 0.6) is 0 Å². The lowest BCUT2D eigenvalue weighted by Crippen LogP contribution is -2.71. The van der Waals surface area contributed by atoms with Crippen molar-refractivity contribution < 1.29 is 280 Å². The van der Waals surface area contributed by atoms with Gasteiger partial charge in [0.25, 0.3) is 11.6 Å². The van der Waals surface area contributed by atoms with Crippen LogP contribution in [0.4, 0.5) is 8.78 Å². The lowest BCUT2D eigenvalue weighted by Gasteiger charge is -2.51. The van der Waals surface area contributed by atoms with E-state index in [1.165, 1.54) is 0 Å². The molecule has 48 unspecified atom stereocenters. The first-order valence-electron chi connectivity index (χ1n) is 43.3. The predicted octanol–water partition coefficient (Wildman–Crippen LogP) is -21.7. The van der Waals surface area contributed by atoms with Gasteiger partial charge in [-0.15, -0.1) is 0 Å². The van der Waals surface area contributed by atoms with Gasteiger partial charge in [0.05, 0.1) is 90.4 Å². The third-order valence-corrected chi connectivity index (χ3v) is 24.7. The van der Waals surface area contributed by atoms with Crippen molar-refractivity contribution in [1.82, 2.24) is 26.6 Å². The molecule has 34 N–H and O–H groups in total. The van der Waals surface area contributed by atoms with Gasteiger partial charge in [-0.25, -0.2) is 18.4 Å². The van der Waals surface area contributed by atoms with Crippen molar-refractivity contribution in [2.45, 2.75) is 366 Å². The Morgan fingerprint density at radius 1 is 0.312 bits per heavy atom. The Bertz CT molecular complexity index is 3940. The molecule has 0 bridgehead atoms. The van der Waals surface area contributed by atoms with E-state index in [0.29, 0.717) is 0 Å². The molecule has 10 heterocycles. The maximum atomic E-state index is 15.0. The first-order chi connectivity index (χ1) is 65.0. The summed E-state index contributed by atoms with van der Waals surface area (Å²) < 4.78 is 142. The first-order valence-corrected chi connectivity index (χ1v) is 43.3. The van der Waals surface area contributed by atoms with E-state index >= 15 is 8.78 Å². The summed E-state index contributed by atoms with van der Waals surface area (Å²) in [5.74, 6) is -16.1. The Balaban J connectivity index is 0.932. The Hall–Kier alpha value is -5.69. The maximum Gasteiger partial charge on any atom is 0.364 e. The number of alkyl halides is 2. The van der Waals surface area contributed by atoms with Gasteiger partial charge < -0.3 is 265 Å². The molecule has 0 spiro atoms. The Morgan fingerprint density at radius 3 is 0.935 bits per heavy atom. The van der Waals surface area contributed by atoms with Crippen LogP contribution in [0.15, 0.2) is 0 Å². The zero-order valence-electron chi connectivity index (χ0n) is 73.7. The second kappa shape index (κ2) is 49.0. The first kappa shape index (κ1) is 114. The topological polar surface area (TPSA) is 942 Å². The van der Waals surface area contributed by atoms with E-state index in [0.717, 1.165) is 34.6 Å². The van der Waals surface area contributed by atoms with E-state index in [9.17, 15) is 182 Å². The fourth-order valence-electron chi connectivity index (χ4n) is 17.7. The van der Waals surface area contributed by atoms with Crippen LogP contribution in [0, 0.1) is 0 Å². The standard InChI is InChI=1S/C76H123F2N5O55/c1-18(93)79-35-25(98)6-75(73(116)117,135-58(35)40(100)23(77)8-84)137-61-44(104)29(12-88)122-69(53(61)113)130-56-32(15-91)126-66(38(48(56)108)82-21(4)96)133-63-50(110)42(102)27(10-86)124-71(63)120-17-34-46(106)60(52(112)68(128-34)129-55-31(14-90)121-65(115)37(47(55)107)81-20(3)95)132-72-64(51(111)43(103)28(11-87)125-72)134-67-39(83-22(5)97)49(109)57(33(16-92)127-67)131-70-54(114)62(45(105)30(13-89)123-70)138-76(74(118)119)7-26(99)36(80-19(2)94)59(136-76)41(101)24(78)9-85/h23-72,84-92,98-115H,6-17H2,1-5H3,(H,79,93)(H,80,94)(H,81,95)(H,82,96)(H,83,97)(H,116,117)(H,118,119)/t23-,24-,25?,26?,27?,28?,29?,30?,31?,32?,33?,34?,35?,36?,37?,38?,39?,40+,41+,42?,43?,44?,45?,46?,47?,48?,49?,50?,51?,52?,53?,54?,55?,56?,57?,58?,59?,60?,61?,62?,63?,64?,65?,66?,67?,68?,69?,70?,71?,72?,75?,76?/m0/s1. The Kier molecular flexibility index (Phi) is 40.6. The summed E-state index contributed by atoms with van der Waals surface area (Å²) in [6.07, 6.45) is -108. The van der Waals surface area contributed by atoms with Gasteiger partial charge in [0.1, 0.15) is 220 Å². The highest BCUT2D eigenvalue weighted by Gasteiger charge is 2.66. The fraction of sp³-hybridized carbons (Fsp3) is 0.908. The molecular formula is C76H123F2N5O55. The second-order valence-corrected chi connectivity index (χ2v) is 34.5. The molecule has 10 rings (SSSR count). The van der Waals surface area contributed by atoms with Gasteiger partial charge in [-0.1, -0.05) is 0 Å². The van der Waals surface area contributed by atoms with Crippen molar-refractivity contribution in [3.8, 4) is 0 Å². The van der Waals surface area contributed by atoms with Gasteiger partial charge in [0.2, 0.25) is 29.5 Å². The minimum Gasteiger partial charge on any atom is -0.477 e. The summed E-state index contributed by atoms with van der Waals surface area (Å²) in [4.78, 5) is 89.8. The third-order valence-electron chi connectivity index (χ3n) is 24.7. The zero-order chi connectivity index (χ0) is 102. The normalized spacial score (nSPS) is 46.2. The molecule has 796 valence electrons. The second-order valence-electron chi connectivity index (χ2n) is 34.5. The molecule has 0 aromatic rings. The highest BCUT2D eigenvalue weighted by Crippen LogP contribution is 2.45. The van der Waals surface area contributed by atoms with Crippen molar-refractivity contribution in [3.05, 3.63) is 0 Å². The van der Waals surface area contributed by atoms with Gasteiger partial charge in [-0.2, -0.15) is 0 Å². The minimum atomic E-state index is -3.39. The summed E-state index contributed by atoms with van der Waals surface area (Å²) in [7, 11) is 0. The molecule has 0 radical (unpaired) electrons. The molecular weight excluding hydrogens is 1900 g/mol. The quantitative estimate of drug-likeness (QED) is 0.0272. The summed E-state index contributed by atoms with van der Waals surface area (Å²) in [5.41, 5.74) is 0. The van der Waals surface area contributed by atoms with E-state index < -0.39 is 438 Å². The number of nitrogens with one attached hydrogen (secondary N) is 5. The number of amides is 5. The molecule has 10 aliphatic rings. The van der Waals surface area contributed by atoms with E-state index in [2.05, 4.69) is 26.6 Å². The van der Waals surface area contributed by atoms with E-state index in [1.807, 2.05) is 0 Å². The molecule has 10 aliphatic heterocycles. The SMILES string of the molecule is CC(=O)NC1C(O)OC(CO)C(OC2OC(COC3OC(CO)C(O)C(O)C3OC3OC(CO)C(OC4OC(CO)C(O)C(OC5(C(=O)O)CC(O)C(NC(C)=O)C([C@H](O)[C@@H](F)CO)O5)C4O)C(O)C3NC(C)=O)C(O)C(OC3OC(CO)C(O)C(O)C3OC3OC(CO)C(OC4OC(CO)C(O)C(OC5(C(=O)O)CC(O)C(NC(C)=O)C([C@H](O)[C@@H](F)CO)O5)C4O)C(O)C3NC(C)=O)C2O)C1O. The van der Waals surface area contributed by atoms with Crippen molar-refractivity contribution >= 4 is 41.5 Å². The van der Waals surface area contributed by atoms with E-state index in [1.54, 1.807) is 0 Å². The average Bonchev–Trinajstić information content (AvgIpc) is 0.752. The van der Waals surface area contributed by atoms with Crippen LogP contribution in [0.25, 0.3) is 0 Å². The van der Waals surface area contributed by atoms with Crippen LogP contribution >= 0.6 is 0 Å². The minimum absolute atomic E-state index is 0.837. The molecule has 0 aliphatic carbocycles. The van der Waals surface area contributed by atoms with Gasteiger partial charge >= 0.3 is 11.9 Å². The number of hydrogen-bond donors (Lipinski definition) is 34. The molecule has 138 heavy (non-hydrogen) atoms. The number of carboxylic acid groups (broad SMARTS) is 2. The lowest BCUT2D eigenvalue weighted by molar-refractivity contribution is -0.400. The van der Waals surface area contributed by atoms with Gasteiger partial charge in [-0.3, -0.25) is 24.0 Å². The predicted molar refractivity (Wildman–Crippen MR) is 420 cm³/mol. The Labute approximate surface area is 777 Å². The zero-order valence-corrected chi connectivity index (χ0v) is 73.7. The number of ether oxygens (including phenoxy) is 19. The van der Waals surface area contributed by atoms with Crippen LogP contribution < -0.4 is 26.6 Å².